The first kappa shape index (κ1) is 30.6. The number of benzene rings is 4. The molecule has 0 aliphatic rings. The van der Waals surface area contributed by atoms with Crippen LogP contribution in [0.5, 0.6) is 11.5 Å². The molecule has 4 aromatic rings. The lowest BCUT2D eigenvalue weighted by Crippen LogP contribution is -1.99. The van der Waals surface area contributed by atoms with Crippen molar-refractivity contribution in [2.24, 2.45) is 20.5 Å². The smallest absolute Gasteiger partial charge is 0.119 e. The lowest BCUT2D eigenvalue weighted by molar-refractivity contribution is 0.287. The normalized spacial score (nSPS) is 11.4. The highest BCUT2D eigenvalue weighted by Crippen LogP contribution is 2.23. The van der Waals surface area contributed by atoms with E-state index < -0.39 is 0 Å². The van der Waals surface area contributed by atoms with Gasteiger partial charge in [0, 0.05) is 0 Å². The van der Waals surface area contributed by atoms with Crippen molar-refractivity contribution in [2.75, 3.05) is 13.2 Å². The van der Waals surface area contributed by atoms with Crippen molar-refractivity contribution in [3.8, 4) is 11.5 Å². The van der Waals surface area contributed by atoms with Gasteiger partial charge in [-0.05, 0) is 129 Å². The Morgan fingerprint density at radius 2 is 0.810 bits per heavy atom. The Kier molecular flexibility index (Phi) is 12.8. The van der Waals surface area contributed by atoms with Gasteiger partial charge in [0.15, 0.2) is 0 Å². The molecule has 0 N–H and O–H groups in total. The third-order valence-electron chi connectivity index (χ3n) is 6.91. The van der Waals surface area contributed by atoms with Crippen molar-refractivity contribution < 1.29 is 9.47 Å². The molecule has 0 aliphatic heterocycles. The molecule has 0 unspecified atom stereocenters. The zero-order chi connectivity index (χ0) is 29.2. The number of hydrogen-bond donors (Lipinski definition) is 0. The van der Waals surface area contributed by atoms with E-state index in [9.17, 15) is 0 Å². The van der Waals surface area contributed by atoms with Crippen LogP contribution in [-0.2, 0) is 12.8 Å². The van der Waals surface area contributed by atoms with Gasteiger partial charge in [-0.3, -0.25) is 0 Å². The Bertz CT molecular complexity index is 1360. The van der Waals surface area contributed by atoms with Gasteiger partial charge in [-0.1, -0.05) is 44.5 Å². The summed E-state index contributed by atoms with van der Waals surface area (Å²) in [5.74, 6) is 1.71. The largest absolute Gasteiger partial charge is 0.494 e. The summed E-state index contributed by atoms with van der Waals surface area (Å²) in [6.07, 6.45) is 8.78. The fraction of sp³-hybridized carbons (Fsp3) is 0.333. The second-order valence-electron chi connectivity index (χ2n) is 10.3. The maximum atomic E-state index is 5.89. The van der Waals surface area contributed by atoms with Crippen molar-refractivity contribution in [3.05, 3.63) is 108 Å². The minimum atomic E-state index is 0.699. The molecule has 6 nitrogen and oxygen atoms in total. The van der Waals surface area contributed by atoms with Crippen LogP contribution in [0, 0.1) is 0 Å². The minimum Gasteiger partial charge on any atom is -0.494 e. The highest BCUT2D eigenvalue weighted by molar-refractivity contribution is 5.44. The van der Waals surface area contributed by atoms with Crippen LogP contribution in [0.1, 0.15) is 63.5 Å². The molecule has 6 heteroatoms. The van der Waals surface area contributed by atoms with Gasteiger partial charge in [-0.25, -0.2) is 0 Å². The van der Waals surface area contributed by atoms with Gasteiger partial charge < -0.3 is 9.47 Å². The summed E-state index contributed by atoms with van der Waals surface area (Å²) >= 11 is 0. The van der Waals surface area contributed by atoms with Crippen LogP contribution in [0.2, 0.25) is 0 Å². The highest BCUT2D eigenvalue weighted by atomic mass is 16.5. The summed E-state index contributed by atoms with van der Waals surface area (Å²) in [6.45, 7) is 5.75. The van der Waals surface area contributed by atoms with Crippen LogP contribution in [-0.4, -0.2) is 13.2 Å². The molecule has 4 rings (SSSR count). The van der Waals surface area contributed by atoms with E-state index in [1.54, 1.807) is 0 Å². The highest BCUT2D eigenvalue weighted by Gasteiger charge is 1.99. The lowest BCUT2D eigenvalue weighted by Gasteiger charge is -2.07. The number of azo groups is 2. The molecule has 0 amide bonds. The first-order chi connectivity index (χ1) is 20.7. The predicted octanol–water partition coefficient (Wildman–Crippen LogP) is 11.4. The Balaban J connectivity index is 1.05. The summed E-state index contributed by atoms with van der Waals surface area (Å²) in [4.78, 5) is 0. The molecule has 0 aliphatic carbocycles. The average Bonchev–Trinajstić information content (AvgIpc) is 3.05. The van der Waals surface area contributed by atoms with Crippen molar-refractivity contribution in [1.82, 2.24) is 0 Å². The predicted molar refractivity (Wildman–Crippen MR) is 172 cm³/mol. The molecule has 0 radical (unpaired) electrons. The fourth-order valence-corrected chi connectivity index (χ4v) is 4.30. The maximum absolute atomic E-state index is 5.89. The summed E-state index contributed by atoms with van der Waals surface area (Å²) in [5.41, 5.74) is 5.99. The van der Waals surface area contributed by atoms with Crippen molar-refractivity contribution in [1.29, 1.82) is 0 Å². The topological polar surface area (TPSA) is 67.9 Å². The lowest BCUT2D eigenvalue weighted by atomic mass is 10.1. The molecule has 0 aromatic heterocycles. The van der Waals surface area contributed by atoms with E-state index >= 15 is 0 Å². The van der Waals surface area contributed by atoms with E-state index in [0.717, 1.165) is 72.8 Å². The Labute approximate surface area is 250 Å². The number of unbranched alkanes of at least 4 members (excludes halogenated alkanes) is 4. The van der Waals surface area contributed by atoms with Crippen LogP contribution in [0.25, 0.3) is 0 Å². The van der Waals surface area contributed by atoms with Crippen LogP contribution in [0.15, 0.2) is 118 Å². The molecule has 0 fully saturated rings. The van der Waals surface area contributed by atoms with Gasteiger partial charge in [0.25, 0.3) is 0 Å². The molecule has 4 aromatic carbocycles. The van der Waals surface area contributed by atoms with Crippen LogP contribution < -0.4 is 9.47 Å². The van der Waals surface area contributed by atoms with Gasteiger partial charge in [0.2, 0.25) is 0 Å². The fourth-order valence-electron chi connectivity index (χ4n) is 4.30. The second-order valence-corrected chi connectivity index (χ2v) is 10.3. The molecule has 0 saturated heterocycles. The molecule has 42 heavy (non-hydrogen) atoms. The average molecular weight is 563 g/mol. The summed E-state index contributed by atoms with van der Waals surface area (Å²) < 4.78 is 11.8. The SMILES string of the molecule is CCCCc1ccc(N=Nc2ccc(OCCCCCCOc3ccc(N=Nc4ccc(CC)cc4)cc3)cc2)cc1. The molecule has 0 heterocycles. The third kappa shape index (κ3) is 10.9. The Hall–Kier alpha value is -4.32. The molecule has 0 atom stereocenters. The monoisotopic (exact) mass is 562 g/mol. The third-order valence-corrected chi connectivity index (χ3v) is 6.91. The second kappa shape index (κ2) is 17.5. The first-order valence-electron chi connectivity index (χ1n) is 15.2. The molecular formula is C36H42N4O2. The van der Waals surface area contributed by atoms with Gasteiger partial charge in [0.05, 0.1) is 36.0 Å². The molecule has 0 spiro atoms. The van der Waals surface area contributed by atoms with Crippen molar-refractivity contribution >= 4 is 22.7 Å². The quantitative estimate of drug-likeness (QED) is 0.0948. The van der Waals surface area contributed by atoms with Crippen molar-refractivity contribution in [2.45, 2.75) is 65.2 Å². The van der Waals surface area contributed by atoms with Gasteiger partial charge in [0.1, 0.15) is 11.5 Å². The van der Waals surface area contributed by atoms with Crippen LogP contribution in [0.3, 0.4) is 0 Å². The number of nitrogens with zero attached hydrogens (tertiary/aromatic N) is 4. The number of rotatable bonds is 17. The van der Waals surface area contributed by atoms with Gasteiger partial charge >= 0.3 is 0 Å². The molecule has 0 bridgehead atoms. The summed E-state index contributed by atoms with van der Waals surface area (Å²) in [7, 11) is 0. The number of ether oxygens (including phenoxy) is 2. The van der Waals surface area contributed by atoms with E-state index in [2.05, 4.69) is 58.6 Å². The number of aryl methyl sites for hydroxylation is 2. The summed E-state index contributed by atoms with van der Waals surface area (Å²) in [6, 6.07) is 32.0. The molecule has 0 saturated carbocycles. The summed E-state index contributed by atoms with van der Waals surface area (Å²) in [5, 5.41) is 17.3. The van der Waals surface area contributed by atoms with Crippen LogP contribution in [0.4, 0.5) is 22.7 Å². The standard InChI is InChI=1S/C36H42N4O2/c1-3-5-10-30-13-17-32(18-14-30)38-40-34-21-25-36(26-22-34)42-28-9-7-6-8-27-41-35-23-19-33(20-24-35)39-37-31-15-11-29(4-2)12-16-31/h11-26H,3-10,27-28H2,1-2H3. The zero-order valence-electron chi connectivity index (χ0n) is 24.9. The van der Waals surface area contributed by atoms with Crippen molar-refractivity contribution in [3.63, 3.8) is 0 Å². The van der Waals surface area contributed by atoms with Gasteiger partial charge in [-0.2, -0.15) is 20.5 Å². The zero-order valence-corrected chi connectivity index (χ0v) is 24.9. The van der Waals surface area contributed by atoms with Gasteiger partial charge in [-0.15, -0.1) is 0 Å². The Morgan fingerprint density at radius 1 is 0.429 bits per heavy atom. The first-order valence-corrected chi connectivity index (χ1v) is 15.2. The minimum absolute atomic E-state index is 0.699. The molecular weight excluding hydrogens is 520 g/mol. The van der Waals surface area contributed by atoms with E-state index in [1.165, 1.54) is 24.0 Å². The maximum Gasteiger partial charge on any atom is 0.119 e. The number of hydrogen-bond acceptors (Lipinski definition) is 6. The van der Waals surface area contributed by atoms with E-state index in [4.69, 9.17) is 9.47 Å². The Morgan fingerprint density at radius 3 is 1.19 bits per heavy atom. The molecule has 218 valence electrons. The van der Waals surface area contributed by atoms with E-state index in [0.29, 0.717) is 13.2 Å². The van der Waals surface area contributed by atoms with E-state index in [-0.39, 0.29) is 0 Å². The van der Waals surface area contributed by atoms with Crippen LogP contribution >= 0.6 is 0 Å². The van der Waals surface area contributed by atoms with E-state index in [1.807, 2.05) is 72.8 Å².